The molecule has 0 bridgehead atoms. The van der Waals surface area contributed by atoms with E-state index in [9.17, 15) is 15.8 Å². The molecule has 0 spiro atoms. The zero-order valence-corrected chi connectivity index (χ0v) is 36.5. The Kier molecular flexibility index (Phi) is 9.55. The number of rotatable bonds is 7. The van der Waals surface area contributed by atoms with E-state index in [2.05, 4.69) is 155 Å². The Balaban J connectivity index is 1.18. The summed E-state index contributed by atoms with van der Waals surface area (Å²) in [6.45, 7) is 0. The molecule has 0 aliphatic carbocycles. The van der Waals surface area contributed by atoms with Gasteiger partial charge in [-0.2, -0.15) is 15.8 Å². The fourth-order valence-electron chi connectivity index (χ4n) is 9.83. The monoisotopic (exact) mass is 864 g/mol. The summed E-state index contributed by atoms with van der Waals surface area (Å²) in [5, 5.41) is 35.1. The highest BCUT2D eigenvalue weighted by Gasteiger charge is 2.24. The minimum absolute atomic E-state index is 0.518. The van der Waals surface area contributed by atoms with E-state index >= 15 is 0 Å². The van der Waals surface area contributed by atoms with Gasteiger partial charge in [0.05, 0.1) is 79.7 Å². The summed E-state index contributed by atoms with van der Waals surface area (Å²) in [5.41, 5.74) is 16.6. The van der Waals surface area contributed by atoms with E-state index in [0.717, 1.165) is 111 Å². The molecule has 0 fully saturated rings. The molecule has 9 aromatic carbocycles. The fraction of sp³-hybridized carbons (Fsp3) is 0. The van der Waals surface area contributed by atoms with Gasteiger partial charge in [0.25, 0.3) is 0 Å². The summed E-state index contributed by atoms with van der Waals surface area (Å²) in [6.07, 6.45) is 0. The number of nitriles is 3. The summed E-state index contributed by atoms with van der Waals surface area (Å²) >= 11 is 0. The van der Waals surface area contributed by atoms with Crippen LogP contribution in [-0.2, 0) is 0 Å². The number of nitrogens with zero attached hydrogens (tertiary/aromatic N) is 6. The smallest absolute Gasteiger partial charge is 0.0998 e. The highest BCUT2D eigenvalue weighted by Crippen LogP contribution is 2.43. The third-order valence-corrected chi connectivity index (χ3v) is 13.0. The lowest BCUT2D eigenvalue weighted by Gasteiger charge is -2.20. The Morgan fingerprint density at radius 3 is 1.22 bits per heavy atom. The number of hydrogen-bond donors (Lipinski definition) is 0. The van der Waals surface area contributed by atoms with Gasteiger partial charge in [0.1, 0.15) is 0 Å². The lowest BCUT2D eigenvalue weighted by atomic mass is 9.95. The van der Waals surface area contributed by atoms with E-state index < -0.39 is 0 Å². The van der Waals surface area contributed by atoms with E-state index in [1.54, 1.807) is 0 Å². The van der Waals surface area contributed by atoms with Crippen LogP contribution in [0.4, 0.5) is 0 Å². The number of para-hydroxylation sites is 2. The predicted molar refractivity (Wildman–Crippen MR) is 274 cm³/mol. The molecule has 0 saturated heterocycles. The number of aromatic nitrogens is 3. The van der Waals surface area contributed by atoms with Gasteiger partial charge < -0.3 is 9.13 Å². The van der Waals surface area contributed by atoms with Crippen LogP contribution in [0.1, 0.15) is 16.7 Å². The quantitative estimate of drug-likeness (QED) is 0.159. The zero-order valence-electron chi connectivity index (χ0n) is 36.5. The fourth-order valence-corrected chi connectivity index (χ4v) is 9.83. The SMILES string of the molecule is N#Cc1cccc(-c2ccc3c(c2)c2ccccc2n3-c2cc(C#N)c(-c3cc(-c4ccccc4)nc(-c4ccccc4)c3)cc2-n2c3ccccc3c3cc(-c4cccc(C#N)c4)ccc32)c1. The maximum Gasteiger partial charge on any atom is 0.0998 e. The van der Waals surface area contributed by atoms with Crippen molar-refractivity contribution in [3.63, 3.8) is 0 Å². The lowest BCUT2D eigenvalue weighted by Crippen LogP contribution is -2.05. The predicted octanol–water partition coefficient (Wildman–Crippen LogP) is 15.2. The second kappa shape index (κ2) is 16.3. The van der Waals surface area contributed by atoms with E-state index in [0.29, 0.717) is 16.7 Å². The first-order valence-corrected chi connectivity index (χ1v) is 22.4. The molecule has 3 aromatic heterocycles. The molecular formula is C62H36N6. The lowest BCUT2D eigenvalue weighted by molar-refractivity contribution is 1.09. The second-order valence-electron chi connectivity index (χ2n) is 16.9. The summed E-state index contributed by atoms with van der Waals surface area (Å²) in [4.78, 5) is 5.19. The van der Waals surface area contributed by atoms with Gasteiger partial charge in [-0.1, -0.05) is 133 Å². The zero-order chi connectivity index (χ0) is 45.7. The van der Waals surface area contributed by atoms with E-state index in [-0.39, 0.29) is 0 Å². The molecule has 0 saturated carbocycles. The van der Waals surface area contributed by atoms with Crippen LogP contribution < -0.4 is 0 Å². The molecular weight excluding hydrogens is 829 g/mol. The average Bonchev–Trinajstić information content (AvgIpc) is 3.93. The normalized spacial score (nSPS) is 11.2. The summed E-state index contributed by atoms with van der Waals surface area (Å²) in [5.74, 6) is 0. The maximum atomic E-state index is 11.3. The van der Waals surface area contributed by atoms with Gasteiger partial charge in [0.2, 0.25) is 0 Å². The average molecular weight is 865 g/mol. The summed E-state index contributed by atoms with van der Waals surface area (Å²) in [7, 11) is 0. The van der Waals surface area contributed by atoms with Gasteiger partial charge in [-0.05, 0) is 113 Å². The van der Waals surface area contributed by atoms with Crippen LogP contribution in [0.5, 0.6) is 0 Å². The molecule has 314 valence electrons. The van der Waals surface area contributed by atoms with Gasteiger partial charge in [0.15, 0.2) is 0 Å². The Bertz CT molecular complexity index is 4060. The Morgan fingerprint density at radius 2 is 0.735 bits per heavy atom. The van der Waals surface area contributed by atoms with E-state index in [1.807, 2.05) is 91.0 Å². The Hall–Kier alpha value is -9.80. The third-order valence-electron chi connectivity index (χ3n) is 13.0. The van der Waals surface area contributed by atoms with Crippen molar-refractivity contribution in [1.82, 2.24) is 14.1 Å². The Labute approximate surface area is 392 Å². The highest BCUT2D eigenvalue weighted by molar-refractivity contribution is 6.13. The molecule has 12 aromatic rings. The van der Waals surface area contributed by atoms with Crippen LogP contribution in [0.3, 0.4) is 0 Å². The molecule has 3 heterocycles. The number of hydrogen-bond acceptors (Lipinski definition) is 4. The standard InChI is InChI=1S/C62H36N6/c63-37-40-13-11-19-44(29-40)46-25-27-59-53(31-46)50-21-7-9-23-57(50)67(59)61-35-49(39-65)52(48-33-55(42-15-3-1-4-16-42)66-56(34-48)43-17-5-2-6-18-43)36-62(61)68-58-24-10-8-22-51(58)54-32-47(26-28-60(54)68)45-20-12-14-41(30-45)38-64/h1-36H. The largest absolute Gasteiger partial charge is 0.307 e. The molecule has 0 N–H and O–H groups in total. The van der Waals surface area contributed by atoms with Gasteiger partial charge in [-0.3, -0.25) is 0 Å². The van der Waals surface area contributed by atoms with Gasteiger partial charge in [-0.15, -0.1) is 0 Å². The van der Waals surface area contributed by atoms with Gasteiger partial charge in [0, 0.05) is 38.2 Å². The van der Waals surface area contributed by atoms with Crippen LogP contribution in [0, 0.1) is 34.0 Å². The first-order valence-electron chi connectivity index (χ1n) is 22.4. The van der Waals surface area contributed by atoms with Crippen molar-refractivity contribution in [3.8, 4) is 85.5 Å². The van der Waals surface area contributed by atoms with E-state index in [1.165, 1.54) is 0 Å². The molecule has 0 aliphatic heterocycles. The highest BCUT2D eigenvalue weighted by atomic mass is 15.1. The molecule has 68 heavy (non-hydrogen) atoms. The third kappa shape index (κ3) is 6.67. The second-order valence-corrected chi connectivity index (χ2v) is 16.9. The van der Waals surface area contributed by atoms with Gasteiger partial charge >= 0.3 is 0 Å². The van der Waals surface area contributed by atoms with Crippen molar-refractivity contribution in [3.05, 3.63) is 235 Å². The summed E-state index contributed by atoms with van der Waals surface area (Å²) in [6, 6.07) is 81.3. The molecule has 0 amide bonds. The van der Waals surface area contributed by atoms with Crippen molar-refractivity contribution >= 4 is 43.6 Å². The number of benzene rings is 9. The van der Waals surface area contributed by atoms with Crippen LogP contribution in [-0.4, -0.2) is 14.1 Å². The minimum Gasteiger partial charge on any atom is -0.307 e. The molecule has 0 radical (unpaired) electrons. The first-order chi connectivity index (χ1) is 33.6. The van der Waals surface area contributed by atoms with Crippen molar-refractivity contribution in [2.24, 2.45) is 0 Å². The number of fused-ring (bicyclic) bond motifs is 6. The van der Waals surface area contributed by atoms with Gasteiger partial charge in [-0.25, -0.2) is 4.98 Å². The molecule has 0 atom stereocenters. The van der Waals surface area contributed by atoms with E-state index in [4.69, 9.17) is 4.98 Å². The van der Waals surface area contributed by atoms with Crippen molar-refractivity contribution < 1.29 is 0 Å². The van der Waals surface area contributed by atoms with Crippen LogP contribution in [0.25, 0.3) is 111 Å². The minimum atomic E-state index is 0.518. The summed E-state index contributed by atoms with van der Waals surface area (Å²) < 4.78 is 4.62. The molecule has 6 heteroatoms. The molecule has 0 unspecified atom stereocenters. The van der Waals surface area contributed by atoms with Crippen molar-refractivity contribution in [2.75, 3.05) is 0 Å². The first kappa shape index (κ1) is 39.8. The molecule has 6 nitrogen and oxygen atoms in total. The van der Waals surface area contributed by atoms with Crippen molar-refractivity contribution in [1.29, 1.82) is 15.8 Å². The number of pyridine rings is 1. The van der Waals surface area contributed by atoms with Crippen LogP contribution >= 0.6 is 0 Å². The molecule has 0 aliphatic rings. The molecule has 12 rings (SSSR count). The topological polar surface area (TPSA) is 94.1 Å². The van der Waals surface area contributed by atoms with Crippen LogP contribution in [0.2, 0.25) is 0 Å². The maximum absolute atomic E-state index is 11.3. The van der Waals surface area contributed by atoms with Crippen LogP contribution in [0.15, 0.2) is 218 Å². The Morgan fingerprint density at radius 1 is 0.309 bits per heavy atom. The van der Waals surface area contributed by atoms with Crippen molar-refractivity contribution in [2.45, 2.75) is 0 Å².